The van der Waals surface area contributed by atoms with Crippen molar-refractivity contribution >= 4 is 44.5 Å². The van der Waals surface area contributed by atoms with Gasteiger partial charge >= 0.3 is 0 Å². The van der Waals surface area contributed by atoms with Gasteiger partial charge in [0.05, 0.1) is 13.6 Å². The van der Waals surface area contributed by atoms with Gasteiger partial charge in [-0.25, -0.2) is 0 Å². The fourth-order valence-electron chi connectivity index (χ4n) is 1.52. The minimum absolute atomic E-state index is 0.00867. The van der Waals surface area contributed by atoms with Crippen molar-refractivity contribution in [3.63, 3.8) is 0 Å². The second-order valence-corrected chi connectivity index (χ2v) is 6.28. The molecule has 1 heterocycles. The number of hydrogen-bond donors (Lipinski definition) is 1. The van der Waals surface area contributed by atoms with Crippen molar-refractivity contribution < 1.29 is 9.72 Å². The van der Waals surface area contributed by atoms with E-state index in [1.165, 1.54) is 29.5 Å². The van der Waals surface area contributed by atoms with Crippen molar-refractivity contribution in [3.05, 3.63) is 54.7 Å². The van der Waals surface area contributed by atoms with Gasteiger partial charge in [-0.2, -0.15) is 0 Å². The molecule has 0 atom stereocenters. The number of halogens is 1. The third-order valence-corrected chi connectivity index (χ3v) is 4.09. The molecule has 1 aromatic carbocycles. The molecule has 0 aliphatic rings. The molecule has 2 rings (SSSR count). The van der Waals surface area contributed by atoms with Gasteiger partial charge in [0, 0.05) is 17.8 Å². The largest absolute Gasteiger partial charge is 0.321 e. The van der Waals surface area contributed by atoms with E-state index in [-0.39, 0.29) is 11.6 Å². The van der Waals surface area contributed by atoms with Gasteiger partial charge in [-0.3, -0.25) is 14.9 Å². The first kappa shape index (κ1) is 13.7. The Hall–Kier alpha value is -1.73. The molecule has 0 bridgehead atoms. The van der Waals surface area contributed by atoms with E-state index in [2.05, 4.69) is 21.2 Å². The summed E-state index contributed by atoms with van der Waals surface area (Å²) in [5.74, 6) is -0.229. The summed E-state index contributed by atoms with van der Waals surface area (Å²) in [7, 11) is 0. The van der Waals surface area contributed by atoms with Crippen molar-refractivity contribution in [2.45, 2.75) is 6.92 Å². The summed E-state index contributed by atoms with van der Waals surface area (Å²) < 4.78 is 0.873. The third-order valence-electron chi connectivity index (χ3n) is 2.47. The second-order valence-electron chi connectivity index (χ2n) is 3.81. The highest BCUT2D eigenvalue weighted by molar-refractivity contribution is 9.11. The molecule has 0 radical (unpaired) electrons. The molecule has 0 spiro atoms. The number of rotatable bonds is 3. The van der Waals surface area contributed by atoms with E-state index in [0.29, 0.717) is 16.1 Å². The van der Waals surface area contributed by atoms with Crippen LogP contribution in [0.3, 0.4) is 0 Å². The fraction of sp³-hybridized carbons (Fsp3) is 0.0833. The Morgan fingerprint density at radius 2 is 2.11 bits per heavy atom. The first-order valence-corrected chi connectivity index (χ1v) is 6.90. The molecule has 0 unspecified atom stereocenters. The molecule has 0 fully saturated rings. The maximum absolute atomic E-state index is 11.9. The lowest BCUT2D eigenvalue weighted by Crippen LogP contribution is -2.11. The van der Waals surface area contributed by atoms with Crippen LogP contribution in [0.2, 0.25) is 0 Å². The smallest absolute Gasteiger partial charge is 0.269 e. The van der Waals surface area contributed by atoms with Crippen LogP contribution in [0.1, 0.15) is 15.2 Å². The topological polar surface area (TPSA) is 72.2 Å². The van der Waals surface area contributed by atoms with E-state index < -0.39 is 4.92 Å². The fourth-order valence-corrected chi connectivity index (χ4v) is 2.80. The molecule has 1 aromatic heterocycles. The molecule has 0 aliphatic heterocycles. The average Bonchev–Trinajstić information content (AvgIpc) is 2.78. The van der Waals surface area contributed by atoms with Crippen molar-refractivity contribution in [2.24, 2.45) is 0 Å². The zero-order valence-corrected chi connectivity index (χ0v) is 12.2. The average molecular weight is 341 g/mol. The summed E-state index contributed by atoms with van der Waals surface area (Å²) in [5.41, 5.74) is 1.23. The van der Waals surface area contributed by atoms with E-state index in [4.69, 9.17) is 0 Å². The van der Waals surface area contributed by atoms with Crippen LogP contribution < -0.4 is 5.32 Å². The van der Waals surface area contributed by atoms with Crippen molar-refractivity contribution in [1.82, 2.24) is 0 Å². The summed E-state index contributed by atoms with van der Waals surface area (Å²) in [6.07, 6.45) is 0. The number of nitrogens with one attached hydrogen (secondary N) is 1. The normalized spacial score (nSPS) is 10.2. The van der Waals surface area contributed by atoms with Crippen LogP contribution in [0, 0.1) is 17.0 Å². The number of non-ortho nitro benzene ring substituents is 1. The Morgan fingerprint density at radius 3 is 2.63 bits per heavy atom. The van der Waals surface area contributed by atoms with Gasteiger partial charge < -0.3 is 5.32 Å². The van der Waals surface area contributed by atoms with Crippen LogP contribution in [0.25, 0.3) is 0 Å². The van der Waals surface area contributed by atoms with Crippen LogP contribution in [0.4, 0.5) is 11.4 Å². The molecule has 0 aliphatic carbocycles. The molecule has 98 valence electrons. The highest BCUT2D eigenvalue weighted by Crippen LogP contribution is 2.25. The number of carbonyl (C=O) groups is 1. The minimum Gasteiger partial charge on any atom is -0.321 e. The molecule has 2 aromatic rings. The number of hydrogen-bond acceptors (Lipinski definition) is 4. The van der Waals surface area contributed by atoms with E-state index in [9.17, 15) is 14.9 Å². The molecular weight excluding hydrogens is 332 g/mol. The van der Waals surface area contributed by atoms with Gasteiger partial charge in [0.25, 0.3) is 11.6 Å². The lowest BCUT2D eigenvalue weighted by molar-refractivity contribution is -0.384. The number of nitro benzene ring substituents is 1. The molecule has 5 nitrogen and oxygen atoms in total. The minimum atomic E-state index is -0.463. The van der Waals surface area contributed by atoms with Crippen molar-refractivity contribution in [2.75, 3.05) is 5.32 Å². The standard InChI is InChI=1S/C12H9BrN2O3S/c1-7-6-8(15(17)18)2-3-9(7)14-12(16)10-4-5-11(13)19-10/h2-6H,1H3,(H,14,16). The van der Waals surface area contributed by atoms with Crippen molar-refractivity contribution in [1.29, 1.82) is 0 Å². The summed E-state index contributed by atoms with van der Waals surface area (Å²) in [6.45, 7) is 1.72. The first-order chi connectivity index (χ1) is 8.97. The van der Waals surface area contributed by atoms with Crippen LogP contribution in [-0.4, -0.2) is 10.8 Å². The van der Waals surface area contributed by atoms with Crippen LogP contribution in [0.5, 0.6) is 0 Å². The number of anilines is 1. The lowest BCUT2D eigenvalue weighted by atomic mass is 10.2. The van der Waals surface area contributed by atoms with Gasteiger partial charge in [-0.15, -0.1) is 11.3 Å². The van der Waals surface area contributed by atoms with E-state index in [1.54, 1.807) is 19.1 Å². The number of nitrogens with zero attached hydrogens (tertiary/aromatic N) is 1. The van der Waals surface area contributed by atoms with E-state index >= 15 is 0 Å². The number of aryl methyl sites for hydroxylation is 1. The maximum atomic E-state index is 11.9. The Labute approximate surface area is 121 Å². The van der Waals surface area contributed by atoms with Crippen LogP contribution in [0.15, 0.2) is 34.1 Å². The molecule has 7 heteroatoms. The van der Waals surface area contributed by atoms with E-state index in [0.717, 1.165) is 3.79 Å². The Morgan fingerprint density at radius 1 is 1.37 bits per heavy atom. The molecule has 19 heavy (non-hydrogen) atoms. The predicted octanol–water partition coefficient (Wildman–Crippen LogP) is 3.98. The monoisotopic (exact) mass is 340 g/mol. The molecular formula is C12H9BrN2O3S. The molecule has 0 saturated heterocycles. The highest BCUT2D eigenvalue weighted by Gasteiger charge is 2.12. The Kier molecular flexibility index (Phi) is 3.96. The summed E-state index contributed by atoms with van der Waals surface area (Å²) in [4.78, 5) is 22.7. The quantitative estimate of drug-likeness (QED) is 0.678. The summed E-state index contributed by atoms with van der Waals surface area (Å²) in [6, 6.07) is 7.84. The molecule has 1 N–H and O–H groups in total. The lowest BCUT2D eigenvalue weighted by Gasteiger charge is -2.06. The summed E-state index contributed by atoms with van der Waals surface area (Å²) >= 11 is 4.61. The van der Waals surface area contributed by atoms with Crippen LogP contribution >= 0.6 is 27.3 Å². The molecule has 1 amide bonds. The Bertz CT molecular complexity index is 654. The van der Waals surface area contributed by atoms with Gasteiger partial charge in [-0.1, -0.05) is 0 Å². The summed E-state index contributed by atoms with van der Waals surface area (Å²) in [5, 5.41) is 13.4. The number of nitro groups is 1. The number of amides is 1. The van der Waals surface area contributed by atoms with Gasteiger partial charge in [0.15, 0.2) is 0 Å². The number of benzene rings is 1. The van der Waals surface area contributed by atoms with Crippen molar-refractivity contribution in [3.8, 4) is 0 Å². The predicted molar refractivity (Wildman–Crippen MR) is 77.8 cm³/mol. The number of thiophene rings is 1. The van der Waals surface area contributed by atoms with Crippen LogP contribution in [-0.2, 0) is 0 Å². The van der Waals surface area contributed by atoms with Gasteiger partial charge in [-0.05, 0) is 46.6 Å². The first-order valence-electron chi connectivity index (χ1n) is 5.29. The molecule has 0 saturated carbocycles. The van der Waals surface area contributed by atoms with Gasteiger partial charge in [0.1, 0.15) is 0 Å². The second kappa shape index (κ2) is 5.50. The zero-order chi connectivity index (χ0) is 14.0. The third kappa shape index (κ3) is 3.18. The zero-order valence-electron chi connectivity index (χ0n) is 9.84. The highest BCUT2D eigenvalue weighted by atomic mass is 79.9. The Balaban J connectivity index is 2.20. The van der Waals surface area contributed by atoms with Gasteiger partial charge in [0.2, 0.25) is 0 Å². The number of carbonyl (C=O) groups excluding carboxylic acids is 1. The SMILES string of the molecule is Cc1cc([N+](=O)[O-])ccc1NC(=O)c1ccc(Br)s1. The maximum Gasteiger partial charge on any atom is 0.269 e. The van der Waals surface area contributed by atoms with E-state index in [1.807, 2.05) is 0 Å².